The summed E-state index contributed by atoms with van der Waals surface area (Å²) >= 11 is 0. The van der Waals surface area contributed by atoms with Crippen LogP contribution in [0, 0.1) is 0 Å². The molecule has 0 bridgehead atoms. The Morgan fingerprint density at radius 3 is 1.95 bits per heavy atom. The average Bonchev–Trinajstić information content (AvgIpc) is 2.41. The van der Waals surface area contributed by atoms with E-state index in [1.165, 1.54) is 0 Å². The molecule has 0 aromatic carbocycles. The first-order valence-corrected chi connectivity index (χ1v) is 6.88. The van der Waals surface area contributed by atoms with Crippen LogP contribution in [-0.2, 0) is 23.7 Å². The fourth-order valence-electron chi connectivity index (χ4n) is 1.24. The molecule has 0 saturated carbocycles. The molecular weight excluding hydrogens is 250 g/mol. The van der Waals surface area contributed by atoms with E-state index >= 15 is 0 Å². The van der Waals surface area contributed by atoms with Gasteiger partial charge in [0.2, 0.25) is 5.91 Å². The number of carbonyl (C=O) groups is 1. The molecule has 0 atom stereocenters. The molecule has 6 nitrogen and oxygen atoms in total. The molecule has 0 fully saturated rings. The van der Waals surface area contributed by atoms with Crippen molar-refractivity contribution >= 4 is 5.91 Å². The summed E-state index contributed by atoms with van der Waals surface area (Å²) in [6, 6.07) is 0. The van der Waals surface area contributed by atoms with Crippen molar-refractivity contribution in [3.8, 4) is 0 Å². The largest absolute Gasteiger partial charge is 0.381 e. The summed E-state index contributed by atoms with van der Waals surface area (Å²) in [4.78, 5) is 11.3. The number of rotatable bonds is 14. The SMILES string of the molecule is CCOCCOCCOCCNC(=O)CCOCC. The van der Waals surface area contributed by atoms with Gasteiger partial charge in [0, 0.05) is 26.2 Å². The lowest BCUT2D eigenvalue weighted by atomic mass is 10.4. The maximum absolute atomic E-state index is 11.3. The molecule has 0 radical (unpaired) electrons. The minimum atomic E-state index is -0.00925. The van der Waals surface area contributed by atoms with Crippen LogP contribution < -0.4 is 5.32 Å². The van der Waals surface area contributed by atoms with Gasteiger partial charge in [-0.15, -0.1) is 0 Å². The summed E-state index contributed by atoms with van der Waals surface area (Å²) in [5.74, 6) is -0.00925. The van der Waals surface area contributed by atoms with Gasteiger partial charge < -0.3 is 24.3 Å². The molecule has 1 N–H and O–H groups in total. The molecule has 0 rings (SSSR count). The van der Waals surface area contributed by atoms with E-state index in [4.69, 9.17) is 18.9 Å². The summed E-state index contributed by atoms with van der Waals surface area (Å²) in [6.45, 7) is 8.97. The third-order valence-electron chi connectivity index (χ3n) is 2.19. The minimum absolute atomic E-state index is 0.00925. The van der Waals surface area contributed by atoms with Crippen LogP contribution in [-0.4, -0.2) is 65.3 Å². The topological polar surface area (TPSA) is 66.0 Å². The monoisotopic (exact) mass is 277 g/mol. The van der Waals surface area contributed by atoms with E-state index in [0.717, 1.165) is 0 Å². The van der Waals surface area contributed by atoms with Gasteiger partial charge in [-0.1, -0.05) is 0 Å². The summed E-state index contributed by atoms with van der Waals surface area (Å²) in [7, 11) is 0. The Bertz CT molecular complexity index is 201. The van der Waals surface area contributed by atoms with Crippen LogP contribution >= 0.6 is 0 Å². The average molecular weight is 277 g/mol. The smallest absolute Gasteiger partial charge is 0.222 e. The fraction of sp³-hybridized carbons (Fsp3) is 0.923. The number of ether oxygens (including phenoxy) is 4. The Kier molecular flexibility index (Phi) is 14.8. The van der Waals surface area contributed by atoms with E-state index in [-0.39, 0.29) is 5.91 Å². The predicted molar refractivity (Wildman–Crippen MR) is 72.3 cm³/mol. The summed E-state index contributed by atoms with van der Waals surface area (Å²) in [5, 5.41) is 2.76. The van der Waals surface area contributed by atoms with Crippen LogP contribution in [0.5, 0.6) is 0 Å². The van der Waals surface area contributed by atoms with Crippen molar-refractivity contribution in [2.45, 2.75) is 20.3 Å². The third-order valence-corrected chi connectivity index (χ3v) is 2.19. The molecule has 0 aromatic rings. The Balaban J connectivity index is 3.07. The predicted octanol–water partition coefficient (Wildman–Crippen LogP) is 0.599. The molecule has 0 aliphatic rings. The zero-order valence-electron chi connectivity index (χ0n) is 12.1. The van der Waals surface area contributed by atoms with Crippen LogP contribution in [0.2, 0.25) is 0 Å². The van der Waals surface area contributed by atoms with Gasteiger partial charge in [0.15, 0.2) is 0 Å². The van der Waals surface area contributed by atoms with E-state index in [9.17, 15) is 4.79 Å². The van der Waals surface area contributed by atoms with Gasteiger partial charge in [-0.05, 0) is 13.8 Å². The maximum Gasteiger partial charge on any atom is 0.222 e. The van der Waals surface area contributed by atoms with Gasteiger partial charge in [-0.3, -0.25) is 4.79 Å². The van der Waals surface area contributed by atoms with Crippen LogP contribution in [0.15, 0.2) is 0 Å². The van der Waals surface area contributed by atoms with Gasteiger partial charge in [-0.2, -0.15) is 0 Å². The second kappa shape index (κ2) is 15.4. The zero-order chi connectivity index (χ0) is 14.2. The highest BCUT2D eigenvalue weighted by atomic mass is 16.5. The first-order valence-electron chi connectivity index (χ1n) is 6.88. The molecule has 19 heavy (non-hydrogen) atoms. The highest BCUT2D eigenvalue weighted by molar-refractivity contribution is 5.75. The van der Waals surface area contributed by atoms with E-state index in [1.807, 2.05) is 13.8 Å². The standard InChI is InChI=1S/C13H27NO5/c1-3-16-7-5-13(15)14-6-8-18-11-12-19-10-9-17-4-2/h3-12H2,1-2H3,(H,14,15). The number of hydrogen-bond acceptors (Lipinski definition) is 5. The zero-order valence-corrected chi connectivity index (χ0v) is 12.1. The van der Waals surface area contributed by atoms with Gasteiger partial charge in [0.25, 0.3) is 0 Å². The minimum Gasteiger partial charge on any atom is -0.381 e. The molecule has 0 aliphatic heterocycles. The van der Waals surface area contributed by atoms with Crippen molar-refractivity contribution in [2.75, 3.05) is 59.4 Å². The van der Waals surface area contributed by atoms with Gasteiger partial charge >= 0.3 is 0 Å². The molecule has 0 heterocycles. The van der Waals surface area contributed by atoms with E-state index in [1.54, 1.807) is 0 Å². The molecule has 0 aliphatic carbocycles. The molecule has 0 aromatic heterocycles. The third kappa shape index (κ3) is 15.3. The molecule has 114 valence electrons. The first kappa shape index (κ1) is 18.3. The fourth-order valence-corrected chi connectivity index (χ4v) is 1.24. The quantitative estimate of drug-likeness (QED) is 0.471. The lowest BCUT2D eigenvalue weighted by molar-refractivity contribution is -0.122. The van der Waals surface area contributed by atoms with Crippen LogP contribution in [0.25, 0.3) is 0 Å². The van der Waals surface area contributed by atoms with Crippen molar-refractivity contribution in [3.05, 3.63) is 0 Å². The molecule has 6 heteroatoms. The first-order chi connectivity index (χ1) is 9.31. The molecule has 1 amide bonds. The summed E-state index contributed by atoms with van der Waals surface area (Å²) in [5.41, 5.74) is 0. The van der Waals surface area contributed by atoms with E-state index < -0.39 is 0 Å². The lowest BCUT2D eigenvalue weighted by Gasteiger charge is -2.07. The Hall–Kier alpha value is -0.690. The Morgan fingerprint density at radius 2 is 1.32 bits per heavy atom. The summed E-state index contributed by atoms with van der Waals surface area (Å²) < 4.78 is 20.8. The van der Waals surface area contributed by atoms with Crippen molar-refractivity contribution in [1.29, 1.82) is 0 Å². The van der Waals surface area contributed by atoms with E-state index in [0.29, 0.717) is 65.8 Å². The second-order valence-electron chi connectivity index (χ2n) is 3.72. The van der Waals surface area contributed by atoms with Crippen molar-refractivity contribution in [2.24, 2.45) is 0 Å². The second-order valence-corrected chi connectivity index (χ2v) is 3.72. The number of nitrogens with one attached hydrogen (secondary N) is 1. The van der Waals surface area contributed by atoms with Crippen LogP contribution in [0.4, 0.5) is 0 Å². The van der Waals surface area contributed by atoms with Crippen molar-refractivity contribution in [3.63, 3.8) is 0 Å². The number of amides is 1. The number of hydrogen-bond donors (Lipinski definition) is 1. The van der Waals surface area contributed by atoms with Gasteiger partial charge in [-0.25, -0.2) is 0 Å². The maximum atomic E-state index is 11.3. The lowest BCUT2D eigenvalue weighted by Crippen LogP contribution is -2.28. The van der Waals surface area contributed by atoms with Crippen molar-refractivity contribution in [1.82, 2.24) is 5.32 Å². The summed E-state index contributed by atoms with van der Waals surface area (Å²) in [6.07, 6.45) is 0.397. The van der Waals surface area contributed by atoms with E-state index in [2.05, 4.69) is 5.32 Å². The van der Waals surface area contributed by atoms with Crippen LogP contribution in [0.1, 0.15) is 20.3 Å². The Labute approximate surface area is 115 Å². The highest BCUT2D eigenvalue weighted by Crippen LogP contribution is 1.83. The van der Waals surface area contributed by atoms with Crippen LogP contribution in [0.3, 0.4) is 0 Å². The molecular formula is C13H27NO5. The molecule has 0 spiro atoms. The van der Waals surface area contributed by atoms with Crippen molar-refractivity contribution < 1.29 is 23.7 Å². The van der Waals surface area contributed by atoms with Gasteiger partial charge in [0.05, 0.1) is 39.6 Å². The molecule has 0 saturated heterocycles. The number of carbonyl (C=O) groups excluding carboxylic acids is 1. The molecule has 0 unspecified atom stereocenters. The highest BCUT2D eigenvalue weighted by Gasteiger charge is 1.99. The van der Waals surface area contributed by atoms with Gasteiger partial charge in [0.1, 0.15) is 0 Å². The Morgan fingerprint density at radius 1 is 0.789 bits per heavy atom. The normalized spacial score (nSPS) is 10.6.